The lowest BCUT2D eigenvalue weighted by Gasteiger charge is -2.38. The first-order valence-electron chi connectivity index (χ1n) is 12.6. The first-order valence-corrected chi connectivity index (χ1v) is 14.7. The van der Waals surface area contributed by atoms with Crippen LogP contribution in [0.15, 0.2) is 49.6 Å². The van der Waals surface area contributed by atoms with Gasteiger partial charge in [0.25, 0.3) is 5.91 Å². The second-order valence-electron chi connectivity index (χ2n) is 9.68. The molecule has 3 amide bonds. The van der Waals surface area contributed by atoms with Gasteiger partial charge in [-0.1, -0.05) is 58.7 Å². The maximum atomic E-state index is 14.4. The summed E-state index contributed by atoms with van der Waals surface area (Å²) in [6.45, 7) is 10.5. The number of rotatable bonds is 11. The highest BCUT2D eigenvalue weighted by atomic mass is 79.9. The number of thioether (sulfide) groups is 1. The highest BCUT2D eigenvalue weighted by Crippen LogP contribution is 2.68. The minimum absolute atomic E-state index is 0.0162. The average Bonchev–Trinajstić information content (AvgIpc) is 3.46. The van der Waals surface area contributed by atoms with Crippen molar-refractivity contribution in [1.29, 1.82) is 0 Å². The van der Waals surface area contributed by atoms with Gasteiger partial charge < -0.3 is 19.8 Å². The molecule has 3 saturated heterocycles. The Kier molecular flexibility index (Phi) is 8.78. The van der Waals surface area contributed by atoms with Crippen molar-refractivity contribution in [2.75, 3.05) is 37.7 Å². The standard InChI is InChI=1S/C27H33BrClN3O4S/c1-4-11-30(12-5-2)24(34)20-21-25(35)32(14-15-33)23(27(21)16-17(28)22(20)37-27)26(36)31(13-6-3)19-10-8-7-9-18(19)29/h4,6-10,17,20-23,33H,1,3,5,11-16H2,2H3/t17?,20-,21-,22-,23?,27?/m0/s1. The van der Waals surface area contributed by atoms with E-state index in [9.17, 15) is 19.5 Å². The first kappa shape index (κ1) is 28.2. The Balaban J connectivity index is 1.79. The minimum atomic E-state index is -0.847. The number of fused-ring (bicyclic) bond motifs is 1. The van der Waals surface area contributed by atoms with Crippen molar-refractivity contribution in [3.63, 3.8) is 0 Å². The molecule has 0 radical (unpaired) electrons. The molecule has 0 saturated carbocycles. The molecular formula is C27H33BrClN3O4S. The zero-order chi connectivity index (χ0) is 26.9. The number of carbonyl (C=O) groups is 3. The average molecular weight is 611 g/mol. The number of amides is 3. The van der Waals surface area contributed by atoms with Gasteiger partial charge in [-0.2, -0.15) is 0 Å². The minimum Gasteiger partial charge on any atom is -0.395 e. The highest BCUT2D eigenvalue weighted by molar-refractivity contribution is 9.09. The molecule has 2 bridgehead atoms. The fraction of sp³-hybridized carbons (Fsp3) is 0.519. The molecule has 1 spiro atoms. The van der Waals surface area contributed by atoms with E-state index in [0.717, 1.165) is 6.42 Å². The van der Waals surface area contributed by atoms with Gasteiger partial charge >= 0.3 is 0 Å². The number of alkyl halides is 1. The fourth-order valence-corrected chi connectivity index (χ4v) is 10.1. The molecule has 0 aliphatic carbocycles. The lowest BCUT2D eigenvalue weighted by atomic mass is 9.70. The van der Waals surface area contributed by atoms with Crippen LogP contribution < -0.4 is 4.90 Å². The number of aliphatic hydroxyl groups excluding tert-OH is 1. The summed E-state index contributed by atoms with van der Waals surface area (Å²) in [6.07, 6.45) is 4.69. The number of aliphatic hydroxyl groups is 1. The quantitative estimate of drug-likeness (QED) is 0.305. The highest BCUT2D eigenvalue weighted by Gasteiger charge is 2.76. The van der Waals surface area contributed by atoms with Gasteiger partial charge in [0.2, 0.25) is 11.8 Å². The van der Waals surface area contributed by atoms with Crippen LogP contribution in [-0.4, -0.2) is 86.3 Å². The number of anilines is 1. The van der Waals surface area contributed by atoms with Gasteiger partial charge in [-0.3, -0.25) is 14.4 Å². The number of hydrogen-bond donors (Lipinski definition) is 1. The lowest BCUT2D eigenvalue weighted by molar-refractivity contribution is -0.144. The fourth-order valence-electron chi connectivity index (χ4n) is 6.22. The van der Waals surface area contributed by atoms with E-state index in [-0.39, 0.29) is 47.5 Å². The Morgan fingerprint density at radius 1 is 1.27 bits per heavy atom. The molecular weight excluding hydrogens is 578 g/mol. The molecule has 0 aromatic heterocycles. The Morgan fingerprint density at radius 2 is 1.97 bits per heavy atom. The molecule has 3 fully saturated rings. The summed E-state index contributed by atoms with van der Waals surface area (Å²) in [4.78, 5) is 47.0. The normalized spacial score (nSPS) is 29.8. The summed E-state index contributed by atoms with van der Waals surface area (Å²) < 4.78 is -0.796. The van der Waals surface area contributed by atoms with Crippen LogP contribution in [0.3, 0.4) is 0 Å². The Morgan fingerprint density at radius 3 is 2.59 bits per heavy atom. The molecule has 3 heterocycles. The maximum absolute atomic E-state index is 14.4. The van der Waals surface area contributed by atoms with Crippen LogP contribution >= 0.6 is 39.3 Å². The summed E-state index contributed by atoms with van der Waals surface area (Å²) >= 11 is 11.9. The van der Waals surface area contributed by atoms with Crippen molar-refractivity contribution >= 4 is 62.7 Å². The van der Waals surface area contributed by atoms with Gasteiger partial charge in [-0.05, 0) is 25.0 Å². The lowest BCUT2D eigenvalue weighted by Crippen LogP contribution is -2.56. The van der Waals surface area contributed by atoms with Crippen molar-refractivity contribution in [3.8, 4) is 0 Å². The largest absolute Gasteiger partial charge is 0.395 e. The summed E-state index contributed by atoms with van der Waals surface area (Å²) in [5.74, 6) is -1.81. The Hall–Kier alpha value is -1.81. The van der Waals surface area contributed by atoms with E-state index in [1.807, 2.05) is 6.92 Å². The number of benzene rings is 1. The number of carbonyl (C=O) groups excluding carboxylic acids is 3. The number of nitrogens with zero attached hydrogens (tertiary/aromatic N) is 3. The molecule has 1 aromatic carbocycles. The van der Waals surface area contributed by atoms with Gasteiger partial charge in [0, 0.05) is 36.3 Å². The third-order valence-electron chi connectivity index (χ3n) is 7.52. The zero-order valence-electron chi connectivity index (χ0n) is 20.9. The van der Waals surface area contributed by atoms with Crippen molar-refractivity contribution in [2.45, 2.75) is 40.6 Å². The molecule has 37 heavy (non-hydrogen) atoms. The molecule has 10 heteroatoms. The van der Waals surface area contributed by atoms with E-state index in [1.54, 1.807) is 58.0 Å². The topological polar surface area (TPSA) is 81.2 Å². The predicted octanol–water partition coefficient (Wildman–Crippen LogP) is 3.74. The SMILES string of the molecule is C=CCN(CCC)C(=O)[C@H]1[C@H]2C(=O)N(CCO)C(C(=O)N(CC=C)c3ccccc3Cl)C23CC(Br)[C@@H]1S3. The van der Waals surface area contributed by atoms with E-state index < -0.39 is 22.6 Å². The van der Waals surface area contributed by atoms with E-state index in [4.69, 9.17) is 11.6 Å². The molecule has 6 atom stereocenters. The predicted molar refractivity (Wildman–Crippen MR) is 152 cm³/mol. The van der Waals surface area contributed by atoms with Crippen LogP contribution in [-0.2, 0) is 14.4 Å². The summed E-state index contributed by atoms with van der Waals surface area (Å²) in [6, 6.07) is 6.23. The molecule has 7 nitrogen and oxygen atoms in total. The van der Waals surface area contributed by atoms with E-state index in [1.165, 1.54) is 4.90 Å². The van der Waals surface area contributed by atoms with Gasteiger partial charge in [-0.15, -0.1) is 24.9 Å². The van der Waals surface area contributed by atoms with Crippen LogP contribution in [0, 0.1) is 11.8 Å². The third-order valence-corrected chi connectivity index (χ3v) is 11.1. The summed E-state index contributed by atoms with van der Waals surface area (Å²) in [7, 11) is 0. The summed E-state index contributed by atoms with van der Waals surface area (Å²) in [5, 5.41) is 10.2. The van der Waals surface area contributed by atoms with Gasteiger partial charge in [0.15, 0.2) is 0 Å². The van der Waals surface area contributed by atoms with Crippen LogP contribution in [0.4, 0.5) is 5.69 Å². The van der Waals surface area contributed by atoms with Crippen LogP contribution in [0.2, 0.25) is 5.02 Å². The van der Waals surface area contributed by atoms with Crippen LogP contribution in [0.25, 0.3) is 0 Å². The van der Waals surface area contributed by atoms with Crippen molar-refractivity contribution < 1.29 is 19.5 Å². The van der Waals surface area contributed by atoms with Crippen LogP contribution in [0.1, 0.15) is 19.8 Å². The summed E-state index contributed by atoms with van der Waals surface area (Å²) in [5.41, 5.74) is 0.533. The smallest absolute Gasteiger partial charge is 0.251 e. The third kappa shape index (κ3) is 4.66. The second-order valence-corrected chi connectivity index (χ2v) is 12.8. The van der Waals surface area contributed by atoms with Gasteiger partial charge in [-0.25, -0.2) is 0 Å². The van der Waals surface area contributed by atoms with E-state index in [0.29, 0.717) is 30.2 Å². The van der Waals surface area contributed by atoms with E-state index >= 15 is 0 Å². The van der Waals surface area contributed by atoms with Gasteiger partial charge in [0.1, 0.15) is 6.04 Å². The van der Waals surface area contributed by atoms with Crippen molar-refractivity contribution in [2.24, 2.45) is 11.8 Å². The van der Waals surface area contributed by atoms with Crippen molar-refractivity contribution in [3.05, 3.63) is 54.6 Å². The maximum Gasteiger partial charge on any atom is 0.251 e. The van der Waals surface area contributed by atoms with Gasteiger partial charge in [0.05, 0.1) is 33.9 Å². The number of likely N-dealkylation sites (tertiary alicyclic amines) is 1. The first-order chi connectivity index (χ1) is 17.8. The molecule has 4 rings (SSSR count). The van der Waals surface area contributed by atoms with Crippen molar-refractivity contribution in [1.82, 2.24) is 9.80 Å². The molecule has 3 aliphatic heterocycles. The van der Waals surface area contributed by atoms with E-state index in [2.05, 4.69) is 29.1 Å². The monoisotopic (exact) mass is 609 g/mol. The number of β-amino-alcohol motifs (C(OH)–C–C–N with tert-alkyl or cyclic N) is 1. The Labute approximate surface area is 236 Å². The number of para-hydroxylation sites is 1. The molecule has 200 valence electrons. The number of halogens is 2. The molecule has 3 unspecified atom stereocenters. The second kappa shape index (κ2) is 11.5. The molecule has 3 aliphatic rings. The van der Waals surface area contributed by atoms with Crippen LogP contribution in [0.5, 0.6) is 0 Å². The molecule has 1 N–H and O–H groups in total. The zero-order valence-corrected chi connectivity index (χ0v) is 24.1. The Bertz CT molecular complexity index is 1090. The molecule has 1 aromatic rings. The number of hydrogen-bond acceptors (Lipinski definition) is 5.